The molecule has 0 bridgehead atoms. The van der Waals surface area contributed by atoms with E-state index in [2.05, 4.69) is 10.6 Å². The maximum atomic E-state index is 12.9. The van der Waals surface area contributed by atoms with Crippen LogP contribution in [0.15, 0.2) is 82.6 Å². The summed E-state index contributed by atoms with van der Waals surface area (Å²) in [6.07, 6.45) is 0. The van der Waals surface area contributed by atoms with Crippen molar-refractivity contribution in [1.29, 1.82) is 0 Å². The maximum Gasteiger partial charge on any atom is 0.264 e. The van der Waals surface area contributed by atoms with Crippen molar-refractivity contribution >= 4 is 55.1 Å². The van der Waals surface area contributed by atoms with Crippen LogP contribution in [-0.4, -0.2) is 40.5 Å². The predicted molar refractivity (Wildman–Crippen MR) is 137 cm³/mol. The average molecular weight is 559 g/mol. The fraction of sp³-hybridized carbons (Fsp3) is 0.0833. The molecule has 4 amide bonds. The third kappa shape index (κ3) is 7.02. The lowest BCUT2D eigenvalue weighted by Crippen LogP contribution is -2.28. The molecule has 0 aromatic heterocycles. The number of carbonyl (C=O) groups excluding carboxylic acids is 4. The Morgan fingerprint density at radius 2 is 0.842 bits per heavy atom. The summed E-state index contributed by atoms with van der Waals surface area (Å²) in [5.41, 5.74) is 0.514. The Bertz CT molecular complexity index is 1490. The molecule has 3 rings (SSSR count). The number of hydrogen-bond acceptors (Lipinski definition) is 8. The Hall–Kier alpha value is -4.56. The minimum Gasteiger partial charge on any atom is -0.322 e. The average Bonchev–Trinajstić information content (AvgIpc) is 2.83. The molecule has 14 heteroatoms. The minimum absolute atomic E-state index is 0.0183. The van der Waals surface area contributed by atoms with Gasteiger partial charge >= 0.3 is 0 Å². The Morgan fingerprint density at radius 3 is 1.13 bits per heavy atom. The second-order valence-electron chi connectivity index (χ2n) is 7.83. The highest BCUT2D eigenvalue weighted by atomic mass is 32.2. The zero-order chi connectivity index (χ0) is 28.1. The molecule has 0 radical (unpaired) electrons. The summed E-state index contributed by atoms with van der Waals surface area (Å²) in [7, 11) is -8.08. The van der Waals surface area contributed by atoms with Crippen LogP contribution in [0.2, 0.25) is 0 Å². The van der Waals surface area contributed by atoms with Gasteiger partial charge in [-0.15, -0.1) is 0 Å². The molecule has 4 N–H and O–H groups in total. The van der Waals surface area contributed by atoms with E-state index in [4.69, 9.17) is 0 Å². The highest BCUT2D eigenvalue weighted by molar-refractivity contribution is 7.90. The first-order chi connectivity index (χ1) is 17.8. The van der Waals surface area contributed by atoms with Gasteiger partial charge in [-0.2, -0.15) is 0 Å². The van der Waals surface area contributed by atoms with Crippen LogP contribution >= 0.6 is 0 Å². The number of benzene rings is 3. The minimum atomic E-state index is -4.04. The van der Waals surface area contributed by atoms with Crippen molar-refractivity contribution in [3.63, 3.8) is 0 Å². The van der Waals surface area contributed by atoms with Gasteiger partial charge in [-0.3, -0.25) is 19.2 Å². The quantitative estimate of drug-likeness (QED) is 0.323. The predicted octanol–water partition coefficient (Wildman–Crippen LogP) is 1.84. The summed E-state index contributed by atoms with van der Waals surface area (Å²) in [5, 5.41) is 5.15. The Kier molecular flexibility index (Phi) is 8.28. The van der Waals surface area contributed by atoms with E-state index < -0.39 is 43.7 Å². The molecule has 0 atom stereocenters. The van der Waals surface area contributed by atoms with Crippen LogP contribution in [0.5, 0.6) is 0 Å². The fourth-order valence-electron chi connectivity index (χ4n) is 3.21. The Balaban J connectivity index is 1.75. The smallest absolute Gasteiger partial charge is 0.264 e. The molecule has 3 aromatic carbocycles. The molecule has 38 heavy (non-hydrogen) atoms. The van der Waals surface area contributed by atoms with Gasteiger partial charge in [0, 0.05) is 25.2 Å². The van der Waals surface area contributed by atoms with Gasteiger partial charge in [0.25, 0.3) is 31.9 Å². The molecule has 0 aliphatic heterocycles. The lowest BCUT2D eigenvalue weighted by molar-refractivity contribution is -0.118. The summed E-state index contributed by atoms with van der Waals surface area (Å²) in [6, 6.07) is 16.1. The summed E-state index contributed by atoms with van der Waals surface area (Å²) in [6.45, 7) is 2.13. The molecule has 0 spiro atoms. The third-order valence-corrected chi connectivity index (χ3v) is 7.72. The number of hydrogen-bond donors (Lipinski definition) is 4. The topological polar surface area (TPSA) is 185 Å². The van der Waals surface area contributed by atoms with Gasteiger partial charge in [0.05, 0.1) is 20.9 Å². The molecule has 198 valence electrons. The second-order valence-corrected chi connectivity index (χ2v) is 11.2. The Labute approximate surface area is 218 Å². The monoisotopic (exact) mass is 558 g/mol. The standard InChI is InChI=1S/C24H22N4O8S2/c1-15(29)27-37(33,34)19-11-7-17(8-12-19)25-23(31)21-5-3-4-6-22(21)24(32)26-18-9-13-20(14-10-18)38(35,36)28-16(2)30/h3-14H,1-2H3,(H,25,31)(H,26,32)(H,27,29)(H,28,30). The van der Waals surface area contributed by atoms with Crippen LogP contribution < -0.4 is 20.1 Å². The van der Waals surface area contributed by atoms with E-state index in [0.717, 1.165) is 13.8 Å². The molecule has 0 aliphatic carbocycles. The number of nitrogens with one attached hydrogen (secondary N) is 4. The number of anilines is 2. The Morgan fingerprint density at radius 1 is 0.526 bits per heavy atom. The molecule has 0 fully saturated rings. The molecule has 3 aromatic rings. The van der Waals surface area contributed by atoms with Crippen molar-refractivity contribution in [3.8, 4) is 0 Å². The number of rotatable bonds is 8. The molecule has 0 unspecified atom stereocenters. The molecular formula is C24H22N4O8S2. The van der Waals surface area contributed by atoms with Crippen LogP contribution in [0.4, 0.5) is 11.4 Å². The normalized spacial score (nSPS) is 11.2. The van der Waals surface area contributed by atoms with E-state index in [-0.39, 0.29) is 32.3 Å². The van der Waals surface area contributed by atoms with E-state index in [1.165, 1.54) is 60.7 Å². The number of carbonyl (C=O) groups is 4. The SMILES string of the molecule is CC(=O)NS(=O)(=O)c1ccc(NC(=O)c2ccccc2C(=O)Nc2ccc(S(=O)(=O)NC(C)=O)cc2)cc1. The van der Waals surface area contributed by atoms with Crippen LogP contribution in [0.1, 0.15) is 34.6 Å². The largest absolute Gasteiger partial charge is 0.322 e. The molecule has 0 aliphatic rings. The van der Waals surface area contributed by atoms with Gasteiger partial charge in [0.2, 0.25) is 11.8 Å². The van der Waals surface area contributed by atoms with Gasteiger partial charge in [-0.1, -0.05) is 12.1 Å². The first kappa shape index (κ1) is 28.0. The van der Waals surface area contributed by atoms with E-state index >= 15 is 0 Å². The molecular weight excluding hydrogens is 536 g/mol. The third-order valence-electron chi connectivity index (χ3n) is 4.82. The van der Waals surface area contributed by atoms with E-state index in [1.54, 1.807) is 12.1 Å². The summed E-state index contributed by atoms with van der Waals surface area (Å²) >= 11 is 0. The van der Waals surface area contributed by atoms with Gasteiger partial charge in [-0.25, -0.2) is 26.3 Å². The zero-order valence-electron chi connectivity index (χ0n) is 20.0. The lowest BCUT2D eigenvalue weighted by Gasteiger charge is -2.12. The zero-order valence-corrected chi connectivity index (χ0v) is 21.6. The fourth-order valence-corrected chi connectivity index (χ4v) is 5.19. The molecule has 12 nitrogen and oxygen atoms in total. The molecule has 0 saturated carbocycles. The first-order valence-electron chi connectivity index (χ1n) is 10.8. The van der Waals surface area contributed by atoms with E-state index in [0.29, 0.717) is 0 Å². The van der Waals surface area contributed by atoms with Crippen molar-refractivity contribution in [3.05, 3.63) is 83.9 Å². The second kappa shape index (κ2) is 11.2. The van der Waals surface area contributed by atoms with Crippen LogP contribution in [0, 0.1) is 0 Å². The summed E-state index contributed by atoms with van der Waals surface area (Å²) in [4.78, 5) is 47.6. The molecule has 0 saturated heterocycles. The van der Waals surface area contributed by atoms with Crippen molar-refractivity contribution in [1.82, 2.24) is 9.44 Å². The lowest BCUT2D eigenvalue weighted by atomic mass is 10.1. The van der Waals surface area contributed by atoms with Crippen molar-refractivity contribution < 1.29 is 36.0 Å². The first-order valence-corrected chi connectivity index (χ1v) is 13.7. The van der Waals surface area contributed by atoms with E-state index in [9.17, 15) is 36.0 Å². The van der Waals surface area contributed by atoms with Gasteiger partial charge in [0.15, 0.2) is 0 Å². The highest BCUT2D eigenvalue weighted by Gasteiger charge is 2.19. The van der Waals surface area contributed by atoms with Crippen molar-refractivity contribution in [2.75, 3.05) is 10.6 Å². The van der Waals surface area contributed by atoms with Gasteiger partial charge in [0.1, 0.15) is 0 Å². The summed E-state index contributed by atoms with van der Waals surface area (Å²) < 4.78 is 51.9. The highest BCUT2D eigenvalue weighted by Crippen LogP contribution is 2.19. The van der Waals surface area contributed by atoms with E-state index in [1.807, 2.05) is 9.44 Å². The van der Waals surface area contributed by atoms with Gasteiger partial charge < -0.3 is 10.6 Å². The maximum absolute atomic E-state index is 12.9. The van der Waals surface area contributed by atoms with Crippen molar-refractivity contribution in [2.45, 2.75) is 23.6 Å². The summed E-state index contributed by atoms with van der Waals surface area (Å²) in [5.74, 6) is -2.79. The number of sulfonamides is 2. The molecule has 0 heterocycles. The van der Waals surface area contributed by atoms with Crippen LogP contribution in [-0.2, 0) is 29.6 Å². The van der Waals surface area contributed by atoms with Gasteiger partial charge in [-0.05, 0) is 60.7 Å². The van der Waals surface area contributed by atoms with Crippen LogP contribution in [0.3, 0.4) is 0 Å². The van der Waals surface area contributed by atoms with Crippen molar-refractivity contribution in [2.24, 2.45) is 0 Å². The number of amides is 4. The van der Waals surface area contributed by atoms with Crippen LogP contribution in [0.25, 0.3) is 0 Å².